The quantitative estimate of drug-likeness (QED) is 0.495. The highest BCUT2D eigenvalue weighted by Gasteiger charge is 2.15. The average Bonchev–Trinajstić information content (AvgIpc) is 2.42. The fourth-order valence-corrected chi connectivity index (χ4v) is 1.53. The molecule has 0 aliphatic rings. The van der Waals surface area contributed by atoms with E-state index in [2.05, 4.69) is 21.9 Å². The molecular formula is C16H20N2O4. The summed E-state index contributed by atoms with van der Waals surface area (Å²) in [6, 6.07) is 4.90. The summed E-state index contributed by atoms with van der Waals surface area (Å²) in [5.74, 6) is 5.03. The topological polar surface area (TPSA) is 90.6 Å². The molecule has 0 aliphatic carbocycles. The molecule has 118 valence electrons. The number of nitrogen functional groups attached to an aromatic ring is 1. The maximum absolute atomic E-state index is 11.5. The second-order valence-electron chi connectivity index (χ2n) is 5.42. The first-order valence-electron chi connectivity index (χ1n) is 6.67. The molecule has 0 aromatic heterocycles. The van der Waals surface area contributed by atoms with Crippen molar-refractivity contribution in [2.24, 2.45) is 0 Å². The van der Waals surface area contributed by atoms with Crippen molar-refractivity contribution < 1.29 is 19.1 Å². The number of nitrogens with two attached hydrogens (primary N) is 1. The molecule has 1 aromatic carbocycles. The summed E-state index contributed by atoms with van der Waals surface area (Å²) in [6.07, 6.45) is -0.543. The molecule has 6 heteroatoms. The van der Waals surface area contributed by atoms with Gasteiger partial charge >= 0.3 is 12.1 Å². The standard InChI is InChI=1S/C16H20N2O4/c1-16(2,3)22-15(20)18-10-6-8-11-7-5-9-12(13(11)17)14(19)21-4/h5,7,9H,10,17H2,1-4H3,(H,18,20). The molecule has 0 spiro atoms. The van der Waals surface area contributed by atoms with Gasteiger partial charge in [-0.05, 0) is 32.9 Å². The summed E-state index contributed by atoms with van der Waals surface area (Å²) in [7, 11) is 1.28. The second kappa shape index (κ2) is 7.36. The predicted molar refractivity (Wildman–Crippen MR) is 83.3 cm³/mol. The highest BCUT2D eigenvalue weighted by Crippen LogP contribution is 2.17. The zero-order valence-electron chi connectivity index (χ0n) is 13.1. The molecule has 0 heterocycles. The summed E-state index contributed by atoms with van der Waals surface area (Å²) in [4.78, 5) is 22.9. The van der Waals surface area contributed by atoms with Crippen molar-refractivity contribution in [3.8, 4) is 11.8 Å². The van der Waals surface area contributed by atoms with Crippen LogP contribution in [0.4, 0.5) is 10.5 Å². The largest absolute Gasteiger partial charge is 0.465 e. The number of amides is 1. The second-order valence-corrected chi connectivity index (χ2v) is 5.42. The molecule has 1 rings (SSSR count). The minimum absolute atomic E-state index is 0.108. The van der Waals surface area contributed by atoms with Crippen LogP contribution < -0.4 is 11.1 Å². The Balaban J connectivity index is 2.70. The van der Waals surface area contributed by atoms with Crippen molar-refractivity contribution in [1.82, 2.24) is 5.32 Å². The molecule has 0 saturated heterocycles. The maximum atomic E-state index is 11.5. The minimum atomic E-state index is -0.559. The van der Waals surface area contributed by atoms with Crippen LogP contribution in [0.2, 0.25) is 0 Å². The average molecular weight is 304 g/mol. The van der Waals surface area contributed by atoms with Crippen molar-refractivity contribution in [1.29, 1.82) is 0 Å². The van der Waals surface area contributed by atoms with Crippen LogP contribution in [-0.4, -0.2) is 31.3 Å². The van der Waals surface area contributed by atoms with Crippen LogP contribution in [0.5, 0.6) is 0 Å². The highest BCUT2D eigenvalue weighted by atomic mass is 16.6. The lowest BCUT2D eigenvalue weighted by molar-refractivity contribution is 0.0533. The van der Waals surface area contributed by atoms with Crippen LogP contribution in [0.15, 0.2) is 18.2 Å². The van der Waals surface area contributed by atoms with Crippen molar-refractivity contribution in [2.45, 2.75) is 26.4 Å². The summed E-state index contributed by atoms with van der Waals surface area (Å²) < 4.78 is 9.71. The molecule has 0 saturated carbocycles. The number of rotatable bonds is 2. The van der Waals surface area contributed by atoms with Gasteiger partial charge in [-0.2, -0.15) is 0 Å². The van der Waals surface area contributed by atoms with Gasteiger partial charge in [0, 0.05) is 5.56 Å². The lowest BCUT2D eigenvalue weighted by Crippen LogP contribution is -2.32. The third-order valence-electron chi connectivity index (χ3n) is 2.45. The first-order valence-corrected chi connectivity index (χ1v) is 6.67. The van der Waals surface area contributed by atoms with Gasteiger partial charge in [-0.1, -0.05) is 17.9 Å². The van der Waals surface area contributed by atoms with E-state index in [1.807, 2.05) is 0 Å². The van der Waals surface area contributed by atoms with Crippen molar-refractivity contribution >= 4 is 17.7 Å². The summed E-state index contributed by atoms with van der Waals surface area (Å²) in [6.45, 7) is 5.43. The molecule has 1 aromatic rings. The van der Waals surface area contributed by atoms with Crippen LogP contribution in [0.1, 0.15) is 36.7 Å². The number of methoxy groups -OCH3 is 1. The van der Waals surface area contributed by atoms with Gasteiger partial charge in [-0.25, -0.2) is 9.59 Å². The van der Waals surface area contributed by atoms with E-state index in [0.29, 0.717) is 5.56 Å². The third-order valence-corrected chi connectivity index (χ3v) is 2.45. The van der Waals surface area contributed by atoms with Gasteiger partial charge in [-0.3, -0.25) is 0 Å². The lowest BCUT2D eigenvalue weighted by atomic mass is 10.1. The number of benzene rings is 1. The van der Waals surface area contributed by atoms with Crippen LogP contribution in [0.25, 0.3) is 0 Å². The first kappa shape index (κ1) is 17.4. The number of carbonyl (C=O) groups excluding carboxylic acids is 2. The van der Waals surface area contributed by atoms with E-state index in [1.165, 1.54) is 7.11 Å². The van der Waals surface area contributed by atoms with E-state index in [9.17, 15) is 9.59 Å². The Morgan fingerprint density at radius 2 is 2.00 bits per heavy atom. The highest BCUT2D eigenvalue weighted by molar-refractivity contribution is 5.96. The Morgan fingerprint density at radius 3 is 2.59 bits per heavy atom. The predicted octanol–water partition coefficient (Wildman–Crippen LogP) is 1.93. The summed E-state index contributed by atoms with van der Waals surface area (Å²) in [5.41, 5.74) is 6.31. The molecule has 0 atom stereocenters. The fraction of sp³-hybridized carbons (Fsp3) is 0.375. The Morgan fingerprint density at radius 1 is 1.32 bits per heavy atom. The third kappa shape index (κ3) is 5.37. The molecule has 0 aliphatic heterocycles. The number of ether oxygens (including phenoxy) is 2. The Bertz CT molecular complexity index is 621. The van der Waals surface area contributed by atoms with Crippen molar-refractivity contribution in [3.63, 3.8) is 0 Å². The number of anilines is 1. The number of esters is 1. The van der Waals surface area contributed by atoms with Crippen LogP contribution in [0.3, 0.4) is 0 Å². The number of hydrogen-bond acceptors (Lipinski definition) is 5. The molecular weight excluding hydrogens is 284 g/mol. The monoisotopic (exact) mass is 304 g/mol. The number of carbonyl (C=O) groups is 2. The zero-order valence-corrected chi connectivity index (χ0v) is 13.1. The Labute approximate surface area is 130 Å². The van der Waals surface area contributed by atoms with Crippen LogP contribution in [-0.2, 0) is 9.47 Å². The lowest BCUT2D eigenvalue weighted by Gasteiger charge is -2.19. The van der Waals surface area contributed by atoms with Crippen LogP contribution >= 0.6 is 0 Å². The molecule has 3 N–H and O–H groups in total. The molecule has 22 heavy (non-hydrogen) atoms. The molecule has 0 fully saturated rings. The molecule has 0 unspecified atom stereocenters. The van der Waals surface area contributed by atoms with E-state index >= 15 is 0 Å². The van der Waals surface area contributed by atoms with Gasteiger partial charge in [0.05, 0.1) is 24.9 Å². The fourth-order valence-electron chi connectivity index (χ4n) is 1.53. The van der Waals surface area contributed by atoms with Crippen molar-refractivity contribution in [3.05, 3.63) is 29.3 Å². The minimum Gasteiger partial charge on any atom is -0.465 e. The first-order chi connectivity index (χ1) is 10.2. The van der Waals surface area contributed by atoms with E-state index < -0.39 is 17.7 Å². The smallest absolute Gasteiger partial charge is 0.408 e. The van der Waals surface area contributed by atoms with Gasteiger partial charge in [0.15, 0.2) is 0 Å². The number of alkyl carbamates (subject to hydrolysis) is 1. The van der Waals surface area contributed by atoms with Gasteiger partial charge in [-0.15, -0.1) is 0 Å². The summed E-state index contributed by atoms with van der Waals surface area (Å²) >= 11 is 0. The Kier molecular flexibility index (Phi) is 5.81. The Hall–Kier alpha value is -2.68. The van der Waals surface area contributed by atoms with E-state index in [4.69, 9.17) is 10.5 Å². The molecule has 0 radical (unpaired) electrons. The van der Waals surface area contributed by atoms with Gasteiger partial charge in [0.1, 0.15) is 5.60 Å². The SMILES string of the molecule is COC(=O)c1cccc(C#CCNC(=O)OC(C)(C)C)c1N. The van der Waals surface area contributed by atoms with E-state index in [-0.39, 0.29) is 17.8 Å². The van der Waals surface area contributed by atoms with Gasteiger partial charge < -0.3 is 20.5 Å². The van der Waals surface area contributed by atoms with Crippen LogP contribution in [0, 0.1) is 11.8 Å². The summed E-state index contributed by atoms with van der Waals surface area (Å²) in [5, 5.41) is 2.51. The van der Waals surface area contributed by atoms with Gasteiger partial charge in [0.2, 0.25) is 0 Å². The van der Waals surface area contributed by atoms with Crippen molar-refractivity contribution in [2.75, 3.05) is 19.4 Å². The number of hydrogen-bond donors (Lipinski definition) is 2. The molecule has 0 bridgehead atoms. The number of para-hydroxylation sites is 1. The van der Waals surface area contributed by atoms with Gasteiger partial charge in [0.25, 0.3) is 0 Å². The normalized spacial score (nSPS) is 10.2. The van der Waals surface area contributed by atoms with E-state index in [1.54, 1.807) is 39.0 Å². The molecule has 1 amide bonds. The maximum Gasteiger partial charge on any atom is 0.408 e. The zero-order chi connectivity index (χ0) is 16.8. The molecule has 6 nitrogen and oxygen atoms in total. The number of nitrogens with one attached hydrogen (secondary N) is 1. The van der Waals surface area contributed by atoms with E-state index in [0.717, 1.165) is 0 Å².